The van der Waals surface area contributed by atoms with Crippen LogP contribution in [0.15, 0.2) is 22.2 Å². The lowest BCUT2D eigenvalue weighted by molar-refractivity contribution is 0.141. The minimum atomic E-state index is 0.370. The Bertz CT molecular complexity index is 457. The van der Waals surface area contributed by atoms with E-state index < -0.39 is 0 Å². The Morgan fingerprint density at radius 1 is 1.44 bits per heavy atom. The molecule has 1 aliphatic rings. The van der Waals surface area contributed by atoms with Crippen molar-refractivity contribution in [3.8, 4) is 10.6 Å². The van der Waals surface area contributed by atoms with E-state index in [0.29, 0.717) is 6.04 Å². The van der Waals surface area contributed by atoms with Gasteiger partial charge < -0.3 is 5.73 Å². The number of likely N-dealkylation sites (tertiary alicyclic amines) is 1. The van der Waals surface area contributed by atoms with Crippen molar-refractivity contribution in [2.45, 2.75) is 12.6 Å². The first-order chi connectivity index (χ1) is 7.81. The fraction of sp³-hybridized carbons (Fsp3) is 0.364. The zero-order chi connectivity index (χ0) is 11.0. The van der Waals surface area contributed by atoms with Crippen LogP contribution in [0.1, 0.15) is 5.69 Å². The SMILES string of the molecule is NC1CN(Cc2csc(-c3ccsc3)n2)C1. The van der Waals surface area contributed by atoms with Crippen molar-refractivity contribution in [2.75, 3.05) is 13.1 Å². The summed E-state index contributed by atoms with van der Waals surface area (Å²) in [6.07, 6.45) is 0. The second kappa shape index (κ2) is 4.25. The van der Waals surface area contributed by atoms with Gasteiger partial charge >= 0.3 is 0 Å². The van der Waals surface area contributed by atoms with Gasteiger partial charge in [0.05, 0.1) is 5.69 Å². The molecule has 0 saturated carbocycles. The van der Waals surface area contributed by atoms with Gasteiger partial charge in [-0.05, 0) is 11.4 Å². The summed E-state index contributed by atoms with van der Waals surface area (Å²) in [5.74, 6) is 0. The second-order valence-corrected chi connectivity index (χ2v) is 5.75. The summed E-state index contributed by atoms with van der Waals surface area (Å²) in [6.45, 7) is 2.95. The summed E-state index contributed by atoms with van der Waals surface area (Å²) < 4.78 is 0. The summed E-state index contributed by atoms with van der Waals surface area (Å²) in [5, 5.41) is 7.50. The van der Waals surface area contributed by atoms with Crippen LogP contribution in [-0.4, -0.2) is 29.0 Å². The topological polar surface area (TPSA) is 42.1 Å². The lowest BCUT2D eigenvalue weighted by atomic mass is 10.1. The van der Waals surface area contributed by atoms with Gasteiger partial charge in [-0.1, -0.05) is 0 Å². The predicted molar refractivity (Wildman–Crippen MR) is 68.7 cm³/mol. The molecule has 1 fully saturated rings. The Labute approximate surface area is 103 Å². The average Bonchev–Trinajstić information content (AvgIpc) is 2.84. The fourth-order valence-electron chi connectivity index (χ4n) is 1.87. The summed E-state index contributed by atoms with van der Waals surface area (Å²) in [6, 6.07) is 2.49. The summed E-state index contributed by atoms with van der Waals surface area (Å²) in [4.78, 5) is 6.97. The lowest BCUT2D eigenvalue weighted by Gasteiger charge is -2.36. The maximum atomic E-state index is 5.75. The molecule has 3 rings (SSSR count). The van der Waals surface area contributed by atoms with Crippen molar-refractivity contribution in [1.29, 1.82) is 0 Å². The third kappa shape index (κ3) is 2.04. The Balaban J connectivity index is 1.69. The molecule has 3 heterocycles. The minimum Gasteiger partial charge on any atom is -0.325 e. The van der Waals surface area contributed by atoms with Crippen LogP contribution in [0.25, 0.3) is 10.6 Å². The number of aromatic nitrogens is 1. The molecule has 0 bridgehead atoms. The number of hydrogen-bond donors (Lipinski definition) is 1. The van der Waals surface area contributed by atoms with Gasteiger partial charge in [0.15, 0.2) is 0 Å². The van der Waals surface area contributed by atoms with E-state index in [9.17, 15) is 0 Å². The summed E-state index contributed by atoms with van der Waals surface area (Å²) in [7, 11) is 0. The highest BCUT2D eigenvalue weighted by Gasteiger charge is 2.23. The highest BCUT2D eigenvalue weighted by Crippen LogP contribution is 2.26. The van der Waals surface area contributed by atoms with Crippen LogP contribution in [0.2, 0.25) is 0 Å². The van der Waals surface area contributed by atoms with Gasteiger partial charge in [-0.3, -0.25) is 4.90 Å². The normalized spacial score (nSPS) is 17.6. The van der Waals surface area contributed by atoms with Crippen LogP contribution in [-0.2, 0) is 6.54 Å². The van der Waals surface area contributed by atoms with E-state index in [1.165, 1.54) is 5.56 Å². The minimum absolute atomic E-state index is 0.370. The highest BCUT2D eigenvalue weighted by atomic mass is 32.1. The zero-order valence-electron chi connectivity index (χ0n) is 8.80. The molecule has 2 aromatic rings. The second-order valence-electron chi connectivity index (χ2n) is 4.11. The molecule has 3 nitrogen and oxygen atoms in total. The molecule has 0 aliphatic carbocycles. The van der Waals surface area contributed by atoms with Crippen molar-refractivity contribution < 1.29 is 0 Å². The Morgan fingerprint density at radius 2 is 2.31 bits per heavy atom. The molecular weight excluding hydrogens is 238 g/mol. The standard InChI is InChI=1S/C11H13N3S2/c12-9-3-14(4-9)5-10-7-16-11(13-10)8-1-2-15-6-8/h1-2,6-7,9H,3-5,12H2. The molecule has 84 valence electrons. The molecule has 0 atom stereocenters. The Kier molecular flexibility index (Phi) is 2.77. The predicted octanol–water partition coefficient (Wildman–Crippen LogP) is 2.01. The van der Waals surface area contributed by atoms with E-state index in [1.807, 2.05) is 0 Å². The van der Waals surface area contributed by atoms with E-state index in [4.69, 9.17) is 5.73 Å². The fourth-order valence-corrected chi connectivity index (χ4v) is 3.39. The van der Waals surface area contributed by atoms with Crippen LogP contribution in [0.4, 0.5) is 0 Å². The van der Waals surface area contributed by atoms with E-state index in [2.05, 4.69) is 32.1 Å². The monoisotopic (exact) mass is 251 g/mol. The maximum Gasteiger partial charge on any atom is 0.124 e. The highest BCUT2D eigenvalue weighted by molar-refractivity contribution is 7.14. The van der Waals surface area contributed by atoms with Crippen LogP contribution in [0.5, 0.6) is 0 Å². The van der Waals surface area contributed by atoms with Crippen molar-refractivity contribution >= 4 is 22.7 Å². The molecule has 2 N–H and O–H groups in total. The van der Waals surface area contributed by atoms with E-state index in [1.54, 1.807) is 22.7 Å². The molecule has 0 radical (unpaired) electrons. The molecule has 1 saturated heterocycles. The van der Waals surface area contributed by atoms with Gasteiger partial charge in [0.25, 0.3) is 0 Å². The van der Waals surface area contributed by atoms with E-state index in [0.717, 1.165) is 30.3 Å². The lowest BCUT2D eigenvalue weighted by Crippen LogP contribution is -2.54. The largest absolute Gasteiger partial charge is 0.325 e. The van der Waals surface area contributed by atoms with Gasteiger partial charge in [-0.25, -0.2) is 4.98 Å². The van der Waals surface area contributed by atoms with Gasteiger partial charge in [0, 0.05) is 42.0 Å². The quantitative estimate of drug-likeness (QED) is 0.907. The van der Waals surface area contributed by atoms with Crippen LogP contribution < -0.4 is 5.73 Å². The number of thiazole rings is 1. The average molecular weight is 251 g/mol. The Morgan fingerprint density at radius 3 is 3.00 bits per heavy atom. The maximum absolute atomic E-state index is 5.75. The molecule has 0 spiro atoms. The molecular formula is C11H13N3S2. The number of nitrogens with zero attached hydrogens (tertiary/aromatic N) is 2. The number of thiophene rings is 1. The third-order valence-corrected chi connectivity index (χ3v) is 4.31. The van der Waals surface area contributed by atoms with Crippen molar-refractivity contribution in [2.24, 2.45) is 5.73 Å². The van der Waals surface area contributed by atoms with Gasteiger partial charge in [-0.2, -0.15) is 11.3 Å². The molecule has 16 heavy (non-hydrogen) atoms. The zero-order valence-corrected chi connectivity index (χ0v) is 10.4. The van der Waals surface area contributed by atoms with Gasteiger partial charge in [-0.15, -0.1) is 11.3 Å². The van der Waals surface area contributed by atoms with E-state index in [-0.39, 0.29) is 0 Å². The molecule has 5 heteroatoms. The molecule has 2 aromatic heterocycles. The van der Waals surface area contributed by atoms with Gasteiger partial charge in [0.2, 0.25) is 0 Å². The number of rotatable bonds is 3. The van der Waals surface area contributed by atoms with Crippen LogP contribution >= 0.6 is 22.7 Å². The first kappa shape index (κ1) is 10.4. The van der Waals surface area contributed by atoms with Crippen molar-refractivity contribution in [3.05, 3.63) is 27.9 Å². The van der Waals surface area contributed by atoms with Crippen LogP contribution in [0.3, 0.4) is 0 Å². The van der Waals surface area contributed by atoms with Crippen molar-refractivity contribution in [1.82, 2.24) is 9.88 Å². The number of hydrogen-bond acceptors (Lipinski definition) is 5. The van der Waals surface area contributed by atoms with E-state index >= 15 is 0 Å². The smallest absolute Gasteiger partial charge is 0.124 e. The summed E-state index contributed by atoms with van der Waals surface area (Å²) >= 11 is 3.44. The van der Waals surface area contributed by atoms with Gasteiger partial charge in [0.1, 0.15) is 5.01 Å². The van der Waals surface area contributed by atoms with Crippen LogP contribution in [0, 0.1) is 0 Å². The summed E-state index contributed by atoms with van der Waals surface area (Å²) in [5.41, 5.74) is 8.15. The first-order valence-electron chi connectivity index (χ1n) is 5.26. The molecule has 0 aromatic carbocycles. The van der Waals surface area contributed by atoms with Crippen molar-refractivity contribution in [3.63, 3.8) is 0 Å². The molecule has 0 amide bonds. The Hall–Kier alpha value is -0.750. The third-order valence-electron chi connectivity index (χ3n) is 2.69. The number of nitrogens with two attached hydrogens (primary N) is 1. The first-order valence-corrected chi connectivity index (χ1v) is 7.08. The molecule has 0 unspecified atom stereocenters. The molecule has 1 aliphatic heterocycles.